The number of aryl methyl sites for hydroxylation is 2. The average molecular weight is 320 g/mol. The van der Waals surface area contributed by atoms with E-state index in [0.717, 1.165) is 30.5 Å². The molecule has 4 heteroatoms. The molecule has 0 saturated carbocycles. The van der Waals surface area contributed by atoms with Crippen LogP contribution in [0.4, 0.5) is 13.2 Å². The summed E-state index contributed by atoms with van der Waals surface area (Å²) in [6, 6.07) is 10.5. The van der Waals surface area contributed by atoms with E-state index in [2.05, 4.69) is 6.92 Å². The Hall–Kier alpha value is -2.10. The monoisotopic (exact) mass is 320 g/mol. The number of benzene rings is 2. The molecule has 0 N–H and O–H groups in total. The summed E-state index contributed by atoms with van der Waals surface area (Å²) in [5, 5.41) is 0. The number of carbonyl (C=O) groups excluding carboxylic acids is 1. The quantitative estimate of drug-likeness (QED) is 0.687. The Labute approximate surface area is 134 Å². The molecule has 0 aliphatic heterocycles. The summed E-state index contributed by atoms with van der Waals surface area (Å²) in [5.74, 6) is -0.165. The third kappa shape index (κ3) is 4.21. The average Bonchev–Trinajstić information content (AvgIpc) is 2.53. The number of hydrogen-bond acceptors (Lipinski definition) is 1. The minimum absolute atomic E-state index is 0.0292. The van der Waals surface area contributed by atoms with Crippen molar-refractivity contribution >= 4 is 5.78 Å². The van der Waals surface area contributed by atoms with Crippen molar-refractivity contribution in [1.82, 2.24) is 0 Å². The van der Waals surface area contributed by atoms with E-state index >= 15 is 0 Å². The van der Waals surface area contributed by atoms with Gasteiger partial charge in [-0.25, -0.2) is 0 Å². The zero-order valence-corrected chi connectivity index (χ0v) is 13.2. The van der Waals surface area contributed by atoms with Gasteiger partial charge in [-0.3, -0.25) is 4.79 Å². The van der Waals surface area contributed by atoms with Crippen LogP contribution in [0.3, 0.4) is 0 Å². The number of ketones is 1. The second kappa shape index (κ2) is 6.99. The van der Waals surface area contributed by atoms with Gasteiger partial charge in [0.15, 0.2) is 5.78 Å². The van der Waals surface area contributed by atoms with E-state index in [4.69, 9.17) is 0 Å². The lowest BCUT2D eigenvalue weighted by Gasteiger charge is -2.10. The first-order valence-electron chi connectivity index (χ1n) is 7.66. The lowest BCUT2D eigenvalue weighted by atomic mass is 9.95. The van der Waals surface area contributed by atoms with Crippen molar-refractivity contribution < 1.29 is 18.0 Å². The van der Waals surface area contributed by atoms with Gasteiger partial charge in [0.1, 0.15) is 0 Å². The molecular weight excluding hydrogens is 301 g/mol. The highest BCUT2D eigenvalue weighted by Crippen LogP contribution is 2.29. The highest BCUT2D eigenvalue weighted by atomic mass is 19.4. The normalized spacial score (nSPS) is 11.5. The highest BCUT2D eigenvalue weighted by Gasteiger charge is 2.30. The fourth-order valence-corrected chi connectivity index (χ4v) is 2.62. The molecule has 0 fully saturated rings. The van der Waals surface area contributed by atoms with Gasteiger partial charge >= 0.3 is 6.18 Å². The van der Waals surface area contributed by atoms with Crippen LogP contribution in [0.5, 0.6) is 0 Å². The molecule has 0 bridgehead atoms. The Morgan fingerprint density at radius 3 is 2.26 bits per heavy atom. The smallest absolute Gasteiger partial charge is 0.294 e. The number of hydrogen-bond donors (Lipinski definition) is 0. The summed E-state index contributed by atoms with van der Waals surface area (Å²) >= 11 is 0. The highest BCUT2D eigenvalue weighted by molar-refractivity contribution is 5.97. The van der Waals surface area contributed by atoms with Gasteiger partial charge < -0.3 is 0 Å². The van der Waals surface area contributed by atoms with Crippen LogP contribution in [0.1, 0.15) is 46.5 Å². The van der Waals surface area contributed by atoms with Gasteiger partial charge in [0.2, 0.25) is 0 Å². The van der Waals surface area contributed by atoms with Crippen LogP contribution in [0.15, 0.2) is 42.5 Å². The van der Waals surface area contributed by atoms with Gasteiger partial charge in [-0.1, -0.05) is 44.2 Å². The summed E-state index contributed by atoms with van der Waals surface area (Å²) < 4.78 is 38.2. The van der Waals surface area contributed by atoms with Crippen molar-refractivity contribution in [2.45, 2.75) is 39.3 Å². The van der Waals surface area contributed by atoms with Crippen molar-refractivity contribution in [2.75, 3.05) is 0 Å². The summed E-state index contributed by atoms with van der Waals surface area (Å²) in [4.78, 5) is 12.4. The van der Waals surface area contributed by atoms with Gasteiger partial charge in [-0.05, 0) is 41.7 Å². The first-order chi connectivity index (χ1) is 10.8. The van der Waals surface area contributed by atoms with Crippen LogP contribution in [0.2, 0.25) is 0 Å². The van der Waals surface area contributed by atoms with E-state index in [1.54, 1.807) is 12.1 Å². The number of carbonyl (C=O) groups is 1. The fraction of sp³-hybridized carbons (Fsp3) is 0.316. The molecule has 2 aromatic carbocycles. The Morgan fingerprint density at radius 1 is 0.957 bits per heavy atom. The Kier molecular flexibility index (Phi) is 5.24. The third-order valence-electron chi connectivity index (χ3n) is 3.91. The number of halogens is 3. The number of Topliss-reactive ketones (excluding diaryl/α,β-unsaturated/α-hetero) is 1. The molecule has 2 rings (SSSR count). The molecule has 0 atom stereocenters. The second-order valence-corrected chi connectivity index (χ2v) is 5.49. The zero-order chi connectivity index (χ0) is 17.0. The summed E-state index contributed by atoms with van der Waals surface area (Å²) in [5.41, 5.74) is 2.52. The predicted octanol–water partition coefficient (Wildman–Crippen LogP) is 5.26. The van der Waals surface area contributed by atoms with Crippen LogP contribution in [-0.4, -0.2) is 5.78 Å². The van der Waals surface area contributed by atoms with Crippen molar-refractivity contribution in [1.29, 1.82) is 0 Å². The largest absolute Gasteiger partial charge is 0.416 e. The van der Waals surface area contributed by atoms with Crippen molar-refractivity contribution in [2.24, 2.45) is 0 Å². The second-order valence-electron chi connectivity index (χ2n) is 5.49. The maximum Gasteiger partial charge on any atom is 0.416 e. The summed E-state index contributed by atoms with van der Waals surface area (Å²) in [6.07, 6.45) is -2.70. The summed E-state index contributed by atoms with van der Waals surface area (Å²) in [6.45, 7) is 4.08. The number of rotatable bonds is 5. The minimum Gasteiger partial charge on any atom is -0.294 e. The van der Waals surface area contributed by atoms with E-state index in [-0.39, 0.29) is 12.2 Å². The topological polar surface area (TPSA) is 17.1 Å². The Bertz CT molecular complexity index is 702. The Morgan fingerprint density at radius 2 is 1.65 bits per heavy atom. The molecule has 0 saturated heterocycles. The molecule has 0 amide bonds. The fourth-order valence-electron chi connectivity index (χ4n) is 2.62. The Balaban J connectivity index is 2.22. The predicted molar refractivity (Wildman–Crippen MR) is 84.7 cm³/mol. The maximum atomic E-state index is 12.7. The van der Waals surface area contributed by atoms with Crippen LogP contribution in [0, 0.1) is 0 Å². The van der Waals surface area contributed by atoms with Crippen molar-refractivity contribution in [3.05, 3.63) is 70.3 Å². The molecule has 122 valence electrons. The lowest BCUT2D eigenvalue weighted by Crippen LogP contribution is -2.08. The molecule has 0 aromatic heterocycles. The first kappa shape index (κ1) is 17.3. The van der Waals surface area contributed by atoms with Crippen molar-refractivity contribution in [3.63, 3.8) is 0 Å². The van der Waals surface area contributed by atoms with Gasteiger partial charge in [-0.15, -0.1) is 0 Å². The molecule has 0 spiro atoms. The van der Waals surface area contributed by atoms with Crippen LogP contribution in [0.25, 0.3) is 0 Å². The van der Waals surface area contributed by atoms with Crippen LogP contribution < -0.4 is 0 Å². The minimum atomic E-state index is -4.39. The van der Waals surface area contributed by atoms with E-state index in [1.165, 1.54) is 11.6 Å². The van der Waals surface area contributed by atoms with Gasteiger partial charge in [0.25, 0.3) is 0 Å². The first-order valence-corrected chi connectivity index (χ1v) is 7.66. The molecule has 0 radical (unpaired) electrons. The van der Waals surface area contributed by atoms with Gasteiger partial charge in [0.05, 0.1) is 5.56 Å². The maximum absolute atomic E-state index is 12.7. The van der Waals surface area contributed by atoms with E-state index in [1.807, 2.05) is 19.1 Å². The molecule has 0 aliphatic rings. The molecule has 1 nitrogen and oxygen atoms in total. The molecule has 2 aromatic rings. The zero-order valence-electron chi connectivity index (χ0n) is 13.2. The third-order valence-corrected chi connectivity index (χ3v) is 3.91. The number of alkyl halides is 3. The molecule has 0 unspecified atom stereocenters. The van der Waals surface area contributed by atoms with Gasteiger partial charge in [-0.2, -0.15) is 13.2 Å². The SMILES string of the molecule is CCc1ccc(C(=O)Cc2cccc(C(F)(F)F)c2)cc1CC. The van der Waals surface area contributed by atoms with Crippen LogP contribution >= 0.6 is 0 Å². The molecule has 23 heavy (non-hydrogen) atoms. The molecule has 0 heterocycles. The molecule has 0 aliphatic carbocycles. The molecular formula is C19H19F3O. The van der Waals surface area contributed by atoms with Crippen LogP contribution in [-0.2, 0) is 25.4 Å². The standard InChI is InChI=1S/C19H19F3O/c1-3-14-8-9-16(12-15(14)4-2)18(23)11-13-6-5-7-17(10-13)19(20,21)22/h5-10,12H,3-4,11H2,1-2H3. The van der Waals surface area contributed by atoms with Crippen molar-refractivity contribution in [3.8, 4) is 0 Å². The van der Waals surface area contributed by atoms with E-state index in [9.17, 15) is 18.0 Å². The van der Waals surface area contributed by atoms with E-state index in [0.29, 0.717) is 11.1 Å². The van der Waals surface area contributed by atoms with E-state index < -0.39 is 11.7 Å². The van der Waals surface area contributed by atoms with Gasteiger partial charge in [0, 0.05) is 12.0 Å². The summed E-state index contributed by atoms with van der Waals surface area (Å²) in [7, 11) is 0. The lowest BCUT2D eigenvalue weighted by molar-refractivity contribution is -0.137.